The second kappa shape index (κ2) is 6.24. The lowest BCUT2D eigenvalue weighted by molar-refractivity contribution is 0.0469. The smallest absolute Gasteiger partial charge is 0.355 e. The lowest BCUT2D eigenvalue weighted by atomic mass is 10.1. The molecule has 0 spiro atoms. The highest BCUT2D eigenvalue weighted by Gasteiger charge is 2.21. The van der Waals surface area contributed by atoms with E-state index in [1.165, 1.54) is 11.3 Å². The molecule has 2 N–H and O–H groups in total. The Hall–Kier alpha value is -1.92. The lowest BCUT2D eigenvalue weighted by Gasteiger charge is -2.05. The largest absolute Gasteiger partial charge is 0.453 e. The van der Waals surface area contributed by atoms with Gasteiger partial charge in [-0.05, 0) is 37.8 Å². The predicted octanol–water partition coefficient (Wildman–Crippen LogP) is 2.79. The molecule has 0 aromatic carbocycles. The molecule has 0 saturated carbocycles. The molecule has 6 heteroatoms. The van der Waals surface area contributed by atoms with Crippen LogP contribution in [0.15, 0.2) is 17.5 Å². The zero-order valence-corrected chi connectivity index (χ0v) is 12.9. The summed E-state index contributed by atoms with van der Waals surface area (Å²) in [5, 5.41) is 11.5. The molecule has 2 rings (SSSR count). The number of aliphatic hydroxyl groups is 1. The maximum atomic E-state index is 12.0. The van der Waals surface area contributed by atoms with Crippen LogP contribution in [0, 0.1) is 13.8 Å². The highest BCUT2D eigenvalue weighted by molar-refractivity contribution is 7.12. The number of ketones is 1. The van der Waals surface area contributed by atoms with Gasteiger partial charge in [0.05, 0.1) is 11.0 Å². The van der Waals surface area contributed by atoms with Crippen molar-refractivity contribution < 1.29 is 19.4 Å². The van der Waals surface area contributed by atoms with Crippen LogP contribution in [0.25, 0.3) is 0 Å². The number of rotatable bonds is 5. The average molecular weight is 307 g/mol. The number of carbonyl (C=O) groups is 2. The number of aryl methyl sites for hydroxylation is 1. The van der Waals surface area contributed by atoms with Crippen molar-refractivity contribution in [3.05, 3.63) is 44.9 Å². The molecule has 0 aliphatic rings. The Balaban J connectivity index is 2.08. The van der Waals surface area contributed by atoms with Crippen LogP contribution in [0.2, 0.25) is 0 Å². The number of Topliss-reactive ketones (excluding diaryl/α,β-unsaturated/α-hetero) is 1. The SMILES string of the molecule is Cc1[nH]c(C(=O)OCC(=O)c2cccs2)c(C)c1[C@@H](C)O. The van der Waals surface area contributed by atoms with Gasteiger partial charge in [0.2, 0.25) is 5.78 Å². The van der Waals surface area contributed by atoms with Crippen LogP contribution >= 0.6 is 11.3 Å². The molecule has 0 fully saturated rings. The fourth-order valence-corrected chi connectivity index (χ4v) is 2.96. The molecular formula is C15H17NO4S. The van der Waals surface area contributed by atoms with E-state index in [0.717, 1.165) is 5.69 Å². The first-order chi connectivity index (χ1) is 9.91. The molecular weight excluding hydrogens is 290 g/mol. The molecule has 5 nitrogen and oxygen atoms in total. The van der Waals surface area contributed by atoms with E-state index in [2.05, 4.69) is 4.98 Å². The quantitative estimate of drug-likeness (QED) is 0.657. The average Bonchev–Trinajstić information content (AvgIpc) is 3.03. The number of hydrogen-bond donors (Lipinski definition) is 2. The van der Waals surface area contributed by atoms with Gasteiger partial charge in [-0.1, -0.05) is 6.07 Å². The molecule has 2 aromatic rings. The predicted molar refractivity (Wildman–Crippen MR) is 79.8 cm³/mol. The van der Waals surface area contributed by atoms with Crippen molar-refractivity contribution >= 4 is 23.1 Å². The zero-order chi connectivity index (χ0) is 15.6. The molecule has 0 bridgehead atoms. The normalized spacial score (nSPS) is 12.2. The Morgan fingerprint density at radius 1 is 1.43 bits per heavy atom. The first kappa shape index (κ1) is 15.5. The summed E-state index contributed by atoms with van der Waals surface area (Å²) in [6.45, 7) is 4.87. The van der Waals surface area contributed by atoms with Gasteiger partial charge in [0.25, 0.3) is 0 Å². The number of hydrogen-bond acceptors (Lipinski definition) is 5. The summed E-state index contributed by atoms with van der Waals surface area (Å²) in [5.74, 6) is -0.817. The molecule has 2 aromatic heterocycles. The zero-order valence-electron chi connectivity index (χ0n) is 12.1. The summed E-state index contributed by atoms with van der Waals surface area (Å²) in [4.78, 5) is 27.3. The minimum absolute atomic E-state index is 0.227. The number of thiophene rings is 1. The fourth-order valence-electron chi connectivity index (χ4n) is 2.31. The molecule has 0 aliphatic carbocycles. The van der Waals surface area contributed by atoms with E-state index in [1.54, 1.807) is 38.3 Å². The van der Waals surface area contributed by atoms with E-state index in [4.69, 9.17) is 4.74 Å². The Bertz CT molecular complexity index is 656. The second-order valence-corrected chi connectivity index (χ2v) is 5.76. The first-order valence-electron chi connectivity index (χ1n) is 6.52. The number of ether oxygens (including phenoxy) is 1. The maximum absolute atomic E-state index is 12.0. The summed E-state index contributed by atoms with van der Waals surface area (Å²) in [6.07, 6.45) is -0.671. The summed E-state index contributed by atoms with van der Waals surface area (Å²) < 4.78 is 5.05. The van der Waals surface area contributed by atoms with Crippen molar-refractivity contribution in [3.63, 3.8) is 0 Å². The van der Waals surface area contributed by atoms with Crippen LogP contribution in [0.1, 0.15) is 50.0 Å². The Morgan fingerprint density at radius 3 is 2.67 bits per heavy atom. The summed E-state index contributed by atoms with van der Waals surface area (Å²) in [6, 6.07) is 3.46. The van der Waals surface area contributed by atoms with Gasteiger partial charge >= 0.3 is 5.97 Å². The van der Waals surface area contributed by atoms with Gasteiger partial charge in [0.1, 0.15) is 5.69 Å². The van der Waals surface area contributed by atoms with Crippen LogP contribution in [0.3, 0.4) is 0 Å². The fraction of sp³-hybridized carbons (Fsp3) is 0.333. The van der Waals surface area contributed by atoms with Gasteiger partial charge in [0, 0.05) is 11.3 Å². The molecule has 0 aliphatic heterocycles. The van der Waals surface area contributed by atoms with Crippen LogP contribution in [-0.2, 0) is 4.74 Å². The number of H-pyrrole nitrogens is 1. The lowest BCUT2D eigenvalue weighted by Crippen LogP contribution is -2.14. The minimum Gasteiger partial charge on any atom is -0.453 e. The third-order valence-corrected chi connectivity index (χ3v) is 4.16. The van der Waals surface area contributed by atoms with E-state index < -0.39 is 12.1 Å². The second-order valence-electron chi connectivity index (χ2n) is 4.82. The van der Waals surface area contributed by atoms with Gasteiger partial charge in [0.15, 0.2) is 6.61 Å². The van der Waals surface area contributed by atoms with Gasteiger partial charge < -0.3 is 14.8 Å². The highest BCUT2D eigenvalue weighted by Crippen LogP contribution is 2.24. The van der Waals surface area contributed by atoms with Crippen molar-refractivity contribution in [2.24, 2.45) is 0 Å². The highest BCUT2D eigenvalue weighted by atomic mass is 32.1. The van der Waals surface area contributed by atoms with Crippen molar-refractivity contribution in [2.45, 2.75) is 26.9 Å². The Labute approximate surface area is 126 Å². The molecule has 0 unspecified atom stereocenters. The van der Waals surface area contributed by atoms with E-state index in [0.29, 0.717) is 16.0 Å². The standard InChI is InChI=1S/C15H17NO4S/c1-8-13(10(3)17)9(2)16-14(8)15(19)20-7-11(18)12-5-4-6-21-12/h4-6,10,16-17H,7H2,1-3H3/t10-/m1/s1. The van der Waals surface area contributed by atoms with Gasteiger partial charge in [-0.3, -0.25) is 4.79 Å². The van der Waals surface area contributed by atoms with Crippen molar-refractivity contribution in [1.82, 2.24) is 4.98 Å². The van der Waals surface area contributed by atoms with E-state index in [9.17, 15) is 14.7 Å². The third-order valence-electron chi connectivity index (χ3n) is 3.25. The van der Waals surface area contributed by atoms with Crippen LogP contribution < -0.4 is 0 Å². The van der Waals surface area contributed by atoms with Crippen molar-refractivity contribution in [1.29, 1.82) is 0 Å². The minimum atomic E-state index is -0.671. The molecule has 21 heavy (non-hydrogen) atoms. The van der Waals surface area contributed by atoms with E-state index in [-0.39, 0.29) is 18.1 Å². The molecule has 2 heterocycles. The summed E-state index contributed by atoms with van der Waals surface area (Å²) in [7, 11) is 0. The number of nitrogens with one attached hydrogen (secondary N) is 1. The molecule has 0 amide bonds. The third kappa shape index (κ3) is 3.22. The Morgan fingerprint density at radius 2 is 2.14 bits per heavy atom. The number of carbonyl (C=O) groups excluding carboxylic acids is 2. The monoisotopic (exact) mass is 307 g/mol. The number of aromatic nitrogens is 1. The van der Waals surface area contributed by atoms with Gasteiger partial charge in [-0.15, -0.1) is 11.3 Å². The topological polar surface area (TPSA) is 79.4 Å². The summed E-state index contributed by atoms with van der Waals surface area (Å²) in [5.41, 5.74) is 2.34. The van der Waals surface area contributed by atoms with Gasteiger partial charge in [-0.25, -0.2) is 4.79 Å². The van der Waals surface area contributed by atoms with Crippen LogP contribution in [0.4, 0.5) is 0 Å². The van der Waals surface area contributed by atoms with Crippen molar-refractivity contribution in [3.8, 4) is 0 Å². The van der Waals surface area contributed by atoms with Crippen LogP contribution in [-0.4, -0.2) is 28.4 Å². The molecule has 0 radical (unpaired) electrons. The number of aliphatic hydroxyl groups excluding tert-OH is 1. The summed E-state index contributed by atoms with van der Waals surface area (Å²) >= 11 is 1.31. The number of esters is 1. The van der Waals surface area contributed by atoms with E-state index in [1.807, 2.05) is 0 Å². The molecule has 0 saturated heterocycles. The maximum Gasteiger partial charge on any atom is 0.355 e. The molecule has 112 valence electrons. The Kier molecular flexibility index (Phi) is 4.59. The van der Waals surface area contributed by atoms with Gasteiger partial charge in [-0.2, -0.15) is 0 Å². The van der Waals surface area contributed by atoms with Crippen LogP contribution in [0.5, 0.6) is 0 Å². The number of aromatic amines is 1. The van der Waals surface area contributed by atoms with Crippen molar-refractivity contribution in [2.75, 3.05) is 6.61 Å². The first-order valence-corrected chi connectivity index (χ1v) is 7.40. The molecule has 1 atom stereocenters. The van der Waals surface area contributed by atoms with E-state index >= 15 is 0 Å².